The average molecular weight is 336 g/mol. The Kier molecular flexibility index (Phi) is 4.00. The van der Waals surface area contributed by atoms with E-state index in [9.17, 15) is 9.59 Å². The van der Waals surface area contributed by atoms with E-state index in [0.29, 0.717) is 5.65 Å². The minimum absolute atomic E-state index is 0.0270. The highest BCUT2D eigenvalue weighted by Gasteiger charge is 2.20. The molecule has 8 heteroatoms. The lowest BCUT2D eigenvalue weighted by atomic mass is 10.2. The van der Waals surface area contributed by atoms with Crippen molar-refractivity contribution in [1.29, 1.82) is 0 Å². The fourth-order valence-electron chi connectivity index (χ4n) is 1.59. The van der Waals surface area contributed by atoms with Crippen molar-refractivity contribution in [3.05, 3.63) is 28.6 Å². The summed E-state index contributed by atoms with van der Waals surface area (Å²) in [6.45, 7) is 0. The maximum atomic E-state index is 12.1. The van der Waals surface area contributed by atoms with Crippen LogP contribution in [0.1, 0.15) is 16.8 Å². The Morgan fingerprint density at radius 3 is 2.95 bits per heavy atom. The van der Waals surface area contributed by atoms with Crippen LogP contribution >= 0.6 is 15.9 Å². The summed E-state index contributed by atoms with van der Waals surface area (Å²) < 4.78 is 2.17. The molecule has 0 spiro atoms. The smallest absolute Gasteiger partial charge is 0.257 e. The highest BCUT2D eigenvalue weighted by Crippen LogP contribution is 2.12. The van der Waals surface area contributed by atoms with Gasteiger partial charge in [-0.1, -0.05) is 0 Å². The van der Waals surface area contributed by atoms with Gasteiger partial charge < -0.3 is 11.1 Å². The van der Waals surface area contributed by atoms with E-state index in [4.69, 9.17) is 12.2 Å². The van der Waals surface area contributed by atoms with Gasteiger partial charge in [-0.25, -0.2) is 9.50 Å². The Morgan fingerprint density at radius 2 is 2.30 bits per heavy atom. The van der Waals surface area contributed by atoms with Crippen molar-refractivity contribution in [3.63, 3.8) is 0 Å². The van der Waals surface area contributed by atoms with Crippen LogP contribution in [0.3, 0.4) is 0 Å². The highest BCUT2D eigenvalue weighted by atomic mass is 79.9. The summed E-state index contributed by atoms with van der Waals surface area (Å²) in [5, 5.41) is 6.47. The number of hydrogen-bond acceptors (Lipinski definition) is 4. The molecule has 0 aromatic carbocycles. The molecule has 0 aliphatic rings. The molecule has 0 saturated carbocycles. The van der Waals surface area contributed by atoms with Crippen LogP contribution in [0, 0.1) is 12.3 Å². The van der Waals surface area contributed by atoms with Crippen LogP contribution in [-0.2, 0) is 4.79 Å². The third kappa shape index (κ3) is 2.78. The third-order valence-electron chi connectivity index (χ3n) is 2.54. The number of nitrogens with zero attached hydrogens (tertiary/aromatic N) is 3. The molecule has 20 heavy (non-hydrogen) atoms. The Labute approximate surface area is 122 Å². The molecule has 0 aliphatic heterocycles. The van der Waals surface area contributed by atoms with Gasteiger partial charge in [-0.15, -0.1) is 12.3 Å². The van der Waals surface area contributed by atoms with E-state index in [1.807, 2.05) is 0 Å². The zero-order chi connectivity index (χ0) is 14.7. The van der Waals surface area contributed by atoms with E-state index in [-0.39, 0.29) is 12.0 Å². The molecular formula is C12H10BrN5O2. The topological polar surface area (TPSA) is 102 Å². The van der Waals surface area contributed by atoms with Gasteiger partial charge in [0.25, 0.3) is 5.91 Å². The molecule has 102 valence electrons. The van der Waals surface area contributed by atoms with Gasteiger partial charge in [-0.2, -0.15) is 5.10 Å². The summed E-state index contributed by atoms with van der Waals surface area (Å²) in [4.78, 5) is 27.4. The summed E-state index contributed by atoms with van der Waals surface area (Å²) in [6.07, 6.45) is 9.71. The van der Waals surface area contributed by atoms with Gasteiger partial charge in [0.2, 0.25) is 5.91 Å². The molecular weight excluding hydrogens is 326 g/mol. The molecule has 2 aromatic heterocycles. The monoisotopic (exact) mass is 335 g/mol. The van der Waals surface area contributed by atoms with Crippen LogP contribution in [0.25, 0.3) is 5.65 Å². The van der Waals surface area contributed by atoms with E-state index in [1.54, 1.807) is 12.4 Å². The van der Waals surface area contributed by atoms with Crippen LogP contribution in [0.5, 0.6) is 0 Å². The number of carbonyl (C=O) groups is 2. The summed E-state index contributed by atoms with van der Waals surface area (Å²) in [5.41, 5.74) is 5.77. The number of halogens is 1. The summed E-state index contributed by atoms with van der Waals surface area (Å²) >= 11 is 3.25. The van der Waals surface area contributed by atoms with Crippen LogP contribution < -0.4 is 11.1 Å². The number of primary amides is 1. The Balaban J connectivity index is 2.28. The van der Waals surface area contributed by atoms with E-state index in [0.717, 1.165) is 4.47 Å². The number of aromatic nitrogens is 3. The van der Waals surface area contributed by atoms with Gasteiger partial charge in [-0.3, -0.25) is 9.59 Å². The van der Waals surface area contributed by atoms with Crippen molar-refractivity contribution in [3.8, 4) is 12.3 Å². The van der Waals surface area contributed by atoms with Crippen LogP contribution in [0.15, 0.2) is 23.1 Å². The van der Waals surface area contributed by atoms with Gasteiger partial charge in [0.15, 0.2) is 5.65 Å². The fourth-order valence-corrected chi connectivity index (χ4v) is 1.88. The van der Waals surface area contributed by atoms with Crippen molar-refractivity contribution < 1.29 is 9.59 Å². The first-order valence-electron chi connectivity index (χ1n) is 5.55. The molecule has 0 saturated heterocycles. The van der Waals surface area contributed by atoms with Gasteiger partial charge in [0.1, 0.15) is 11.6 Å². The second-order valence-corrected chi connectivity index (χ2v) is 4.85. The van der Waals surface area contributed by atoms with Crippen molar-refractivity contribution >= 4 is 33.4 Å². The largest absolute Gasteiger partial charge is 0.368 e. The minimum Gasteiger partial charge on any atom is -0.368 e. The first-order chi connectivity index (χ1) is 9.52. The number of amides is 2. The van der Waals surface area contributed by atoms with Crippen LogP contribution in [0.4, 0.5) is 0 Å². The minimum atomic E-state index is -0.919. The predicted octanol–water partition coefficient (Wildman–Crippen LogP) is 0.0988. The van der Waals surface area contributed by atoms with Gasteiger partial charge >= 0.3 is 0 Å². The molecule has 2 amide bonds. The quantitative estimate of drug-likeness (QED) is 0.773. The first-order valence-corrected chi connectivity index (χ1v) is 6.34. The second kappa shape index (κ2) is 5.71. The number of terminal acetylenes is 1. The molecule has 1 atom stereocenters. The predicted molar refractivity (Wildman–Crippen MR) is 74.6 cm³/mol. The molecule has 3 N–H and O–H groups in total. The lowest BCUT2D eigenvalue weighted by molar-refractivity contribution is -0.119. The molecule has 1 unspecified atom stereocenters. The lowest BCUT2D eigenvalue weighted by Gasteiger charge is -2.11. The first kappa shape index (κ1) is 14.0. The molecule has 0 aliphatic carbocycles. The molecule has 7 nitrogen and oxygen atoms in total. The van der Waals surface area contributed by atoms with Gasteiger partial charge in [0, 0.05) is 18.8 Å². The zero-order valence-corrected chi connectivity index (χ0v) is 11.8. The summed E-state index contributed by atoms with van der Waals surface area (Å²) in [7, 11) is 0. The maximum Gasteiger partial charge on any atom is 0.257 e. The number of fused-ring (bicyclic) bond motifs is 1. The lowest BCUT2D eigenvalue weighted by Crippen LogP contribution is -2.44. The Hall–Kier alpha value is -2.40. The fraction of sp³-hybridized carbons (Fsp3) is 0.167. The number of rotatable bonds is 4. The standard InChI is InChI=1S/C12H10BrN5O2/c1-2-3-9(10(14)19)17-12(20)8-5-16-18-6-7(13)4-15-11(8)18/h1,4-6,9H,3H2,(H2,14,19)(H,17,20). The summed E-state index contributed by atoms with van der Waals surface area (Å²) in [5.74, 6) is 1.09. The maximum absolute atomic E-state index is 12.1. The van der Waals surface area contributed by atoms with Crippen molar-refractivity contribution in [2.75, 3.05) is 0 Å². The number of carbonyl (C=O) groups excluding carboxylic acids is 2. The number of nitrogens with two attached hydrogens (primary N) is 1. The molecule has 2 aromatic rings. The zero-order valence-electron chi connectivity index (χ0n) is 10.2. The normalized spacial score (nSPS) is 11.8. The van der Waals surface area contributed by atoms with E-state index >= 15 is 0 Å². The van der Waals surface area contributed by atoms with Crippen molar-refractivity contribution in [1.82, 2.24) is 19.9 Å². The van der Waals surface area contributed by atoms with Crippen molar-refractivity contribution in [2.45, 2.75) is 12.5 Å². The third-order valence-corrected chi connectivity index (χ3v) is 2.95. The van der Waals surface area contributed by atoms with E-state index < -0.39 is 17.9 Å². The molecule has 2 heterocycles. The molecule has 0 radical (unpaired) electrons. The molecule has 2 rings (SSSR count). The van der Waals surface area contributed by atoms with Crippen molar-refractivity contribution in [2.24, 2.45) is 5.73 Å². The van der Waals surface area contributed by atoms with E-state index in [2.05, 4.69) is 37.2 Å². The Bertz CT molecular complexity index is 718. The molecule has 0 fully saturated rings. The van der Waals surface area contributed by atoms with E-state index in [1.165, 1.54) is 10.7 Å². The second-order valence-electron chi connectivity index (χ2n) is 3.94. The molecule has 0 bridgehead atoms. The SMILES string of the molecule is C#CCC(NC(=O)c1cnn2cc(Br)cnc12)C(N)=O. The highest BCUT2D eigenvalue weighted by molar-refractivity contribution is 9.10. The van der Waals surface area contributed by atoms with Crippen LogP contribution in [0.2, 0.25) is 0 Å². The van der Waals surface area contributed by atoms with Crippen LogP contribution in [-0.4, -0.2) is 32.5 Å². The number of nitrogens with one attached hydrogen (secondary N) is 1. The average Bonchev–Trinajstić information content (AvgIpc) is 2.80. The number of hydrogen-bond donors (Lipinski definition) is 2. The van der Waals surface area contributed by atoms with Gasteiger partial charge in [0.05, 0.1) is 10.7 Å². The summed E-state index contributed by atoms with van der Waals surface area (Å²) in [6, 6.07) is -0.919. The Morgan fingerprint density at radius 1 is 1.55 bits per heavy atom. The van der Waals surface area contributed by atoms with Gasteiger partial charge in [-0.05, 0) is 15.9 Å².